The van der Waals surface area contributed by atoms with Crippen LogP contribution in [0.4, 0.5) is 0 Å². The van der Waals surface area contributed by atoms with Crippen molar-refractivity contribution in [3.8, 4) is 0 Å². The molecule has 2 aliphatic rings. The topological polar surface area (TPSA) is 64.8 Å². The lowest BCUT2D eigenvalue weighted by Crippen LogP contribution is -2.51. The third-order valence-electron chi connectivity index (χ3n) is 3.04. The molecule has 2 heterocycles. The molecule has 5 nitrogen and oxygen atoms in total. The van der Waals surface area contributed by atoms with Gasteiger partial charge in [-0.3, -0.25) is 4.79 Å². The predicted octanol–water partition coefficient (Wildman–Crippen LogP) is 0.121. The number of amides is 1. The minimum atomic E-state index is -0.413. The molecule has 0 aliphatic carbocycles. The molecular weight excluding hydrogens is 232 g/mol. The molecule has 1 amide bonds. The van der Waals surface area contributed by atoms with Gasteiger partial charge in [0.15, 0.2) is 5.79 Å². The van der Waals surface area contributed by atoms with Crippen molar-refractivity contribution in [2.75, 3.05) is 26.3 Å². The first-order valence-electron chi connectivity index (χ1n) is 5.45. The Kier molecular flexibility index (Phi) is 4.55. The van der Waals surface area contributed by atoms with Gasteiger partial charge in [0.2, 0.25) is 5.91 Å². The second kappa shape index (κ2) is 5.31. The van der Waals surface area contributed by atoms with Crippen LogP contribution in [0.15, 0.2) is 0 Å². The molecule has 0 bridgehead atoms. The number of hydrogen-bond acceptors (Lipinski definition) is 4. The highest BCUT2D eigenvalue weighted by Crippen LogP contribution is 2.31. The van der Waals surface area contributed by atoms with E-state index in [9.17, 15) is 4.79 Å². The average Bonchev–Trinajstić information content (AvgIpc) is 2.67. The molecule has 0 aromatic carbocycles. The lowest BCUT2D eigenvalue weighted by Gasteiger charge is -2.38. The summed E-state index contributed by atoms with van der Waals surface area (Å²) in [5.74, 6) is -0.392. The van der Waals surface area contributed by atoms with Gasteiger partial charge in [-0.05, 0) is 6.92 Å². The monoisotopic (exact) mass is 250 g/mol. The van der Waals surface area contributed by atoms with Gasteiger partial charge < -0.3 is 20.1 Å². The first-order chi connectivity index (χ1) is 7.13. The van der Waals surface area contributed by atoms with Gasteiger partial charge in [-0.25, -0.2) is 0 Å². The molecule has 1 spiro atoms. The van der Waals surface area contributed by atoms with E-state index in [2.05, 4.69) is 0 Å². The van der Waals surface area contributed by atoms with E-state index in [1.807, 2.05) is 0 Å². The summed E-state index contributed by atoms with van der Waals surface area (Å²) in [5, 5.41) is 0. The van der Waals surface area contributed by atoms with Crippen molar-refractivity contribution in [1.82, 2.24) is 4.90 Å². The van der Waals surface area contributed by atoms with E-state index in [-0.39, 0.29) is 18.3 Å². The number of ether oxygens (including phenoxy) is 2. The van der Waals surface area contributed by atoms with Crippen molar-refractivity contribution in [1.29, 1.82) is 0 Å². The molecule has 6 heteroatoms. The van der Waals surface area contributed by atoms with E-state index < -0.39 is 11.8 Å². The van der Waals surface area contributed by atoms with Gasteiger partial charge >= 0.3 is 0 Å². The highest BCUT2D eigenvalue weighted by molar-refractivity contribution is 5.85. The molecule has 16 heavy (non-hydrogen) atoms. The summed E-state index contributed by atoms with van der Waals surface area (Å²) >= 11 is 0. The number of nitrogens with two attached hydrogens (primary N) is 1. The number of halogens is 1. The van der Waals surface area contributed by atoms with Crippen LogP contribution in [0.5, 0.6) is 0 Å². The smallest absolute Gasteiger partial charge is 0.239 e. The fourth-order valence-electron chi connectivity index (χ4n) is 2.14. The van der Waals surface area contributed by atoms with Crippen molar-refractivity contribution in [2.24, 2.45) is 5.73 Å². The van der Waals surface area contributed by atoms with E-state index >= 15 is 0 Å². The Morgan fingerprint density at radius 3 is 2.25 bits per heavy atom. The molecular formula is C10H19ClN2O3. The van der Waals surface area contributed by atoms with Gasteiger partial charge in [-0.15, -0.1) is 12.4 Å². The van der Waals surface area contributed by atoms with Crippen LogP contribution in [0.1, 0.15) is 19.8 Å². The van der Waals surface area contributed by atoms with E-state index in [0.29, 0.717) is 26.3 Å². The summed E-state index contributed by atoms with van der Waals surface area (Å²) in [4.78, 5) is 13.4. The first kappa shape index (κ1) is 13.7. The summed E-state index contributed by atoms with van der Waals surface area (Å²) in [7, 11) is 0. The van der Waals surface area contributed by atoms with Crippen molar-refractivity contribution in [2.45, 2.75) is 31.6 Å². The molecule has 2 aliphatic heterocycles. The Balaban J connectivity index is 0.00000128. The van der Waals surface area contributed by atoms with Gasteiger partial charge in [-0.2, -0.15) is 0 Å². The standard InChI is InChI=1S/C10H18N2O3.ClH/c1-8(11)9(13)12-4-2-10(3-5-12)14-6-7-15-10;/h8H,2-7,11H2,1H3;1H. The van der Waals surface area contributed by atoms with Crippen LogP contribution >= 0.6 is 12.4 Å². The lowest BCUT2D eigenvalue weighted by molar-refractivity contribution is -0.187. The van der Waals surface area contributed by atoms with E-state index in [0.717, 1.165) is 12.8 Å². The molecule has 1 unspecified atom stereocenters. The summed E-state index contributed by atoms with van der Waals surface area (Å²) in [5.41, 5.74) is 5.56. The number of piperidine rings is 1. The molecule has 0 saturated carbocycles. The summed E-state index contributed by atoms with van der Waals surface area (Å²) in [6.07, 6.45) is 1.51. The summed E-state index contributed by atoms with van der Waals surface area (Å²) < 4.78 is 11.2. The summed E-state index contributed by atoms with van der Waals surface area (Å²) in [6.45, 7) is 4.42. The summed E-state index contributed by atoms with van der Waals surface area (Å²) in [6, 6.07) is -0.413. The Bertz CT molecular complexity index is 244. The number of carbonyl (C=O) groups excluding carboxylic acids is 1. The van der Waals surface area contributed by atoms with Gasteiger partial charge in [0.1, 0.15) is 0 Å². The Morgan fingerprint density at radius 1 is 1.31 bits per heavy atom. The average molecular weight is 251 g/mol. The van der Waals surface area contributed by atoms with Crippen LogP contribution in [-0.4, -0.2) is 48.9 Å². The maximum Gasteiger partial charge on any atom is 0.239 e. The number of rotatable bonds is 1. The molecule has 2 N–H and O–H groups in total. The largest absolute Gasteiger partial charge is 0.347 e. The lowest BCUT2D eigenvalue weighted by atomic mass is 10.0. The maximum atomic E-state index is 11.6. The molecule has 0 radical (unpaired) electrons. The molecule has 0 aromatic rings. The zero-order valence-electron chi connectivity index (χ0n) is 9.48. The van der Waals surface area contributed by atoms with Gasteiger partial charge in [0.25, 0.3) is 0 Å². The maximum absolute atomic E-state index is 11.6. The van der Waals surface area contributed by atoms with Gasteiger partial charge in [-0.1, -0.05) is 0 Å². The molecule has 2 fully saturated rings. The van der Waals surface area contributed by atoms with Crippen LogP contribution in [-0.2, 0) is 14.3 Å². The Hall–Kier alpha value is -0.360. The number of carbonyl (C=O) groups is 1. The van der Waals surface area contributed by atoms with E-state index in [4.69, 9.17) is 15.2 Å². The second-order valence-corrected chi connectivity index (χ2v) is 4.22. The third kappa shape index (κ3) is 2.66. The molecule has 0 aromatic heterocycles. The number of hydrogen-bond donors (Lipinski definition) is 1. The van der Waals surface area contributed by atoms with Crippen LogP contribution < -0.4 is 5.73 Å². The highest BCUT2D eigenvalue weighted by atomic mass is 35.5. The van der Waals surface area contributed by atoms with E-state index in [1.54, 1.807) is 11.8 Å². The molecule has 1 atom stereocenters. The van der Waals surface area contributed by atoms with Crippen molar-refractivity contribution in [3.63, 3.8) is 0 Å². The minimum absolute atomic E-state index is 0. The van der Waals surface area contributed by atoms with E-state index in [1.165, 1.54) is 0 Å². The fraction of sp³-hybridized carbons (Fsp3) is 0.900. The van der Waals surface area contributed by atoms with Gasteiger partial charge in [0.05, 0.1) is 19.3 Å². The molecule has 2 rings (SSSR count). The van der Waals surface area contributed by atoms with Crippen molar-refractivity contribution in [3.05, 3.63) is 0 Å². The van der Waals surface area contributed by atoms with Crippen molar-refractivity contribution < 1.29 is 14.3 Å². The normalized spacial score (nSPS) is 25.2. The fourth-order valence-corrected chi connectivity index (χ4v) is 2.14. The zero-order valence-corrected chi connectivity index (χ0v) is 10.3. The Labute approximate surface area is 102 Å². The quantitative estimate of drug-likeness (QED) is 0.718. The van der Waals surface area contributed by atoms with Gasteiger partial charge in [0, 0.05) is 25.9 Å². The van der Waals surface area contributed by atoms with Crippen LogP contribution in [0.25, 0.3) is 0 Å². The number of likely N-dealkylation sites (tertiary alicyclic amines) is 1. The molecule has 94 valence electrons. The van der Waals surface area contributed by atoms with Crippen LogP contribution in [0.2, 0.25) is 0 Å². The minimum Gasteiger partial charge on any atom is -0.347 e. The predicted molar refractivity (Wildman–Crippen MR) is 61.3 cm³/mol. The molecule has 2 saturated heterocycles. The van der Waals surface area contributed by atoms with Crippen LogP contribution in [0.3, 0.4) is 0 Å². The Morgan fingerprint density at radius 2 is 1.81 bits per heavy atom. The second-order valence-electron chi connectivity index (χ2n) is 4.22. The zero-order chi connectivity index (χ0) is 10.9. The highest BCUT2D eigenvalue weighted by Gasteiger charge is 2.40. The third-order valence-corrected chi connectivity index (χ3v) is 3.04. The first-order valence-corrected chi connectivity index (χ1v) is 5.45. The number of nitrogens with zero attached hydrogens (tertiary/aromatic N) is 1. The van der Waals surface area contributed by atoms with Crippen molar-refractivity contribution >= 4 is 18.3 Å². The van der Waals surface area contributed by atoms with Crippen LogP contribution in [0, 0.1) is 0 Å². The SMILES string of the molecule is CC(N)C(=O)N1CCC2(CC1)OCCO2.Cl.